The Morgan fingerprint density at radius 2 is 1.42 bits per heavy atom. The average molecular weight is 248 g/mol. The van der Waals surface area contributed by atoms with Gasteiger partial charge in [-0.1, -0.05) is 19.6 Å². The molecule has 1 aromatic carbocycles. The summed E-state index contributed by atoms with van der Waals surface area (Å²) >= 11 is 0. The molecule has 4 heteroatoms. The Kier molecular flexibility index (Phi) is 5.53. The van der Waals surface area contributed by atoms with E-state index in [4.69, 9.17) is 23.7 Å². The summed E-state index contributed by atoms with van der Waals surface area (Å²) in [5, 5.41) is 18.8. The first-order valence-electron chi connectivity index (χ1n) is 5.00. The molecule has 0 aliphatic rings. The lowest BCUT2D eigenvalue weighted by molar-refractivity contribution is 1.30. The van der Waals surface area contributed by atoms with Gasteiger partial charge >= 0.3 is 5.82 Å². The lowest BCUT2D eigenvalue weighted by Gasteiger charge is -1.98. The second-order valence-electron chi connectivity index (χ2n) is 3.63. The fourth-order valence-corrected chi connectivity index (χ4v) is 1.62. The van der Waals surface area contributed by atoms with Gasteiger partial charge in [0, 0.05) is 5.22 Å². The lowest BCUT2D eigenvalue weighted by atomic mass is 10.0. The zero-order valence-electron chi connectivity index (χ0n) is 9.94. The molecule has 0 radical (unpaired) electrons. The molecule has 0 amide bonds. The Bertz CT molecular complexity index is 685. The third-order valence-electron chi connectivity index (χ3n) is 2.52. The number of rotatable bonds is 0. The zero-order valence-corrected chi connectivity index (χ0v) is 9.94. The number of aryl methyl sites for hydroxylation is 2. The van der Waals surface area contributed by atoms with Crippen LogP contribution in [0.1, 0.15) is 18.6 Å². The van der Waals surface area contributed by atoms with Crippen LogP contribution in [0.15, 0.2) is 12.1 Å². The highest BCUT2D eigenvalue weighted by Crippen LogP contribution is 2.00. The first kappa shape index (κ1) is 15.9. The van der Waals surface area contributed by atoms with E-state index in [9.17, 15) is 0 Å². The quantitative estimate of drug-likeness (QED) is 0.660. The van der Waals surface area contributed by atoms with Gasteiger partial charge in [-0.3, -0.25) is 0 Å². The van der Waals surface area contributed by atoms with E-state index in [0.29, 0.717) is 21.6 Å². The highest BCUT2D eigenvalue weighted by molar-refractivity contribution is 5.73. The van der Waals surface area contributed by atoms with Gasteiger partial charge in [-0.05, 0) is 25.0 Å². The topological polar surface area (TPSA) is 56.3 Å². The van der Waals surface area contributed by atoms with Gasteiger partial charge < -0.3 is 0 Å². The van der Waals surface area contributed by atoms with E-state index in [2.05, 4.69) is 9.69 Å². The largest absolute Gasteiger partial charge is 0.526 e. The Hall–Kier alpha value is -3.08. The van der Waals surface area contributed by atoms with Crippen molar-refractivity contribution < 1.29 is 0 Å². The molecule has 0 heterocycles. The minimum absolute atomic E-state index is 0. The summed E-state index contributed by atoms with van der Waals surface area (Å²) in [6.07, 6.45) is 0. The Labute approximate surface area is 112 Å². The van der Waals surface area contributed by atoms with Crippen molar-refractivity contribution in [3.8, 4) is 12.1 Å². The number of hydrogen-bond donors (Lipinski definition) is 0. The van der Waals surface area contributed by atoms with Crippen LogP contribution < -0.4 is 10.4 Å². The van der Waals surface area contributed by atoms with Crippen LogP contribution in [-0.2, 0) is 0 Å². The maximum Gasteiger partial charge on any atom is 0.526 e. The van der Waals surface area contributed by atoms with E-state index in [1.54, 1.807) is 26.0 Å². The maximum absolute atomic E-state index is 8.85. The van der Waals surface area contributed by atoms with Crippen LogP contribution in [0.4, 0.5) is 0 Å². The normalized spacial score (nSPS) is 7.89. The second-order valence-corrected chi connectivity index (χ2v) is 3.63. The summed E-state index contributed by atoms with van der Waals surface area (Å²) in [6.45, 7) is 17.4. The molecule has 1 rings (SSSR count). The molecule has 4 nitrogen and oxygen atoms in total. The molecule has 92 valence electrons. The number of hydrogen-bond acceptors (Lipinski definition) is 2. The van der Waals surface area contributed by atoms with Crippen molar-refractivity contribution in [2.24, 2.45) is 0 Å². The monoisotopic (exact) mass is 248 g/mol. The third-order valence-corrected chi connectivity index (χ3v) is 2.52. The lowest BCUT2D eigenvalue weighted by Crippen LogP contribution is -2.19. The van der Waals surface area contributed by atoms with Crippen LogP contribution in [0.5, 0.6) is 0 Å². The van der Waals surface area contributed by atoms with Crippen molar-refractivity contribution in [1.29, 1.82) is 10.5 Å². The summed E-state index contributed by atoms with van der Waals surface area (Å²) < 4.78 is 0. The van der Waals surface area contributed by atoms with Crippen LogP contribution >= 0.6 is 0 Å². The smallest absolute Gasteiger partial charge is 0.192 e. The van der Waals surface area contributed by atoms with E-state index in [0.717, 1.165) is 0 Å². The summed E-state index contributed by atoms with van der Waals surface area (Å²) in [4.78, 5) is 6.34. The first-order valence-corrected chi connectivity index (χ1v) is 5.00. The van der Waals surface area contributed by atoms with Crippen molar-refractivity contribution in [1.82, 2.24) is 0 Å². The fourth-order valence-electron chi connectivity index (χ4n) is 1.62. The van der Waals surface area contributed by atoms with Crippen molar-refractivity contribution >= 4 is 11.4 Å². The van der Waals surface area contributed by atoms with Crippen LogP contribution in [0.2, 0.25) is 0 Å². The van der Waals surface area contributed by atoms with Gasteiger partial charge in [0.1, 0.15) is 30.9 Å². The van der Waals surface area contributed by atoms with Gasteiger partial charge in [-0.15, -0.1) is 0 Å². The number of nitriles is 2. The highest BCUT2D eigenvalue weighted by atomic mass is 14.9. The molecule has 0 aliphatic heterocycles. The van der Waals surface area contributed by atoms with Gasteiger partial charge in [0.15, 0.2) is 0 Å². The molecule has 0 unspecified atom stereocenters. The predicted molar refractivity (Wildman–Crippen MR) is 73.1 cm³/mol. The van der Waals surface area contributed by atoms with Gasteiger partial charge in [-0.2, -0.15) is 20.2 Å². The minimum Gasteiger partial charge on any atom is -0.192 e. The molecule has 0 saturated carbocycles. The first-order chi connectivity index (χ1) is 8.58. The molecular weight excluding hydrogens is 236 g/mol. The molecule has 0 aromatic heterocycles. The average Bonchev–Trinajstić information content (AvgIpc) is 2.37. The predicted octanol–water partition coefficient (Wildman–Crippen LogP) is 2.04. The van der Waals surface area contributed by atoms with Gasteiger partial charge in [0.2, 0.25) is 0 Å². The molecule has 0 atom stereocenters. The molecule has 1 aromatic rings. The minimum atomic E-state index is -0.00221. The van der Waals surface area contributed by atoms with Crippen molar-refractivity contribution in [2.75, 3.05) is 0 Å². The zero-order chi connectivity index (χ0) is 13.7. The standard InChI is InChI=1S/C14H8N4.CH4/c1-9-6-13(14(17-3)18-4)10(2)5-12(9)11(7-15)8-16;/h5-6H,1-2H3;1H4. The van der Waals surface area contributed by atoms with Gasteiger partial charge in [0.05, 0.1) is 5.22 Å². The van der Waals surface area contributed by atoms with E-state index in [-0.39, 0.29) is 18.8 Å². The van der Waals surface area contributed by atoms with Crippen molar-refractivity contribution in [2.45, 2.75) is 21.3 Å². The molecule has 0 spiro atoms. The molecule has 0 saturated heterocycles. The maximum atomic E-state index is 8.85. The molecule has 0 bridgehead atoms. The fraction of sp³-hybridized carbons (Fsp3) is 0.200. The summed E-state index contributed by atoms with van der Waals surface area (Å²) in [6, 6.07) is 7.02. The van der Waals surface area contributed by atoms with Gasteiger partial charge in [-0.25, -0.2) is 0 Å². The van der Waals surface area contributed by atoms with Crippen LogP contribution in [0.25, 0.3) is 21.1 Å². The van der Waals surface area contributed by atoms with E-state index < -0.39 is 0 Å². The summed E-state index contributed by atoms with van der Waals surface area (Å²) in [5.41, 5.74) is 1.45. The molecule has 19 heavy (non-hydrogen) atoms. The molecule has 0 N–H and O–H groups in total. The van der Waals surface area contributed by atoms with Gasteiger partial charge in [0.25, 0.3) is 0 Å². The summed E-state index contributed by atoms with van der Waals surface area (Å²) in [5.74, 6) is -0.00221. The van der Waals surface area contributed by atoms with E-state index >= 15 is 0 Å². The number of nitrogens with zero attached hydrogens (tertiary/aromatic N) is 4. The molecule has 0 aliphatic carbocycles. The third kappa shape index (κ3) is 2.98. The Morgan fingerprint density at radius 1 is 1.00 bits per heavy atom. The Morgan fingerprint density at radius 3 is 1.84 bits per heavy atom. The molecular formula is C15H12N4. The summed E-state index contributed by atoms with van der Waals surface area (Å²) in [7, 11) is 0. The van der Waals surface area contributed by atoms with Crippen molar-refractivity contribution in [3.63, 3.8) is 0 Å². The van der Waals surface area contributed by atoms with Crippen LogP contribution in [0.3, 0.4) is 0 Å². The highest BCUT2D eigenvalue weighted by Gasteiger charge is 2.09. The number of benzene rings is 1. The van der Waals surface area contributed by atoms with E-state index in [1.165, 1.54) is 0 Å². The van der Waals surface area contributed by atoms with E-state index in [1.807, 2.05) is 12.1 Å². The van der Waals surface area contributed by atoms with Crippen LogP contribution in [0, 0.1) is 49.7 Å². The van der Waals surface area contributed by atoms with Crippen molar-refractivity contribution in [3.05, 3.63) is 56.5 Å². The SMILES string of the molecule is C.[C-]#[N+]C([N+]#[C-])=c1cc(C)c(=C(C#N)C#N)cc1C. The second kappa shape index (κ2) is 6.61. The molecule has 0 fully saturated rings. The Balaban J connectivity index is 0.00000324. The van der Waals surface area contributed by atoms with Crippen LogP contribution in [-0.4, -0.2) is 0 Å².